The van der Waals surface area contributed by atoms with Gasteiger partial charge < -0.3 is 20.1 Å². The Labute approximate surface area is 337 Å². The quantitative estimate of drug-likeness (QED) is 0.0203. The molecule has 0 radical (unpaired) electrons. The summed E-state index contributed by atoms with van der Waals surface area (Å²) in [5.74, 6) is -0.845. The van der Waals surface area contributed by atoms with E-state index < -0.39 is 32.5 Å². The molecule has 0 saturated carbocycles. The number of hydrogen-bond acceptors (Lipinski definition) is 8. The number of carbonyl (C=O) groups excluding carboxylic acids is 2. The topological polar surface area (TPSA) is 134 Å². The lowest BCUT2D eigenvalue weighted by molar-refractivity contribution is -0.161. The maximum absolute atomic E-state index is 12.6. The van der Waals surface area contributed by atoms with Crippen molar-refractivity contribution in [1.82, 2.24) is 0 Å². The van der Waals surface area contributed by atoms with E-state index in [1.807, 2.05) is 0 Å². The van der Waals surface area contributed by atoms with Crippen LogP contribution in [0, 0.1) is 0 Å². The molecule has 0 aliphatic rings. The summed E-state index contributed by atoms with van der Waals surface area (Å²) >= 11 is 0. The fraction of sp³-hybridized carbons (Fsp3) is 0.822. The van der Waals surface area contributed by atoms with Crippen molar-refractivity contribution >= 4 is 19.8 Å². The molecule has 0 rings (SSSR count). The Kier molecular flexibility index (Phi) is 40.5. The molecule has 10 heteroatoms. The zero-order valence-corrected chi connectivity index (χ0v) is 36.3. The van der Waals surface area contributed by atoms with Crippen LogP contribution in [0.15, 0.2) is 36.5 Å². The lowest BCUT2D eigenvalue weighted by atomic mass is 10.1. The fourth-order valence-electron chi connectivity index (χ4n) is 6.15. The summed E-state index contributed by atoms with van der Waals surface area (Å²) in [5, 5.41) is 0. The van der Waals surface area contributed by atoms with Gasteiger partial charge in [0, 0.05) is 19.4 Å². The van der Waals surface area contributed by atoms with Gasteiger partial charge in [-0.2, -0.15) is 0 Å². The van der Waals surface area contributed by atoms with E-state index in [1.54, 1.807) is 0 Å². The lowest BCUT2D eigenvalue weighted by Gasteiger charge is -2.19. The van der Waals surface area contributed by atoms with Crippen LogP contribution in [0.5, 0.6) is 0 Å². The highest BCUT2D eigenvalue weighted by Crippen LogP contribution is 2.43. The second kappa shape index (κ2) is 41.9. The Hall–Kier alpha value is -1.77. The van der Waals surface area contributed by atoms with Crippen LogP contribution in [0.1, 0.15) is 206 Å². The monoisotopic (exact) mass is 798 g/mol. The van der Waals surface area contributed by atoms with Crippen LogP contribution in [-0.4, -0.2) is 49.3 Å². The molecule has 0 aromatic heterocycles. The molecule has 2 atom stereocenters. The standard InChI is InChI=1S/C45H84NO8P/c1-3-5-7-9-11-13-15-17-19-20-21-22-24-26-28-30-32-34-36-38-45(48)54-43(42-53-55(49,50)52-40-39-46)41-51-44(47)37-35-33-31-29-27-25-23-18-16-14-12-10-8-6-4-2/h14,16-19,23,43H,3-13,15,20-22,24-42,46H2,1-2H3,(H,49,50)/b16-14+,19-17+,23-18+/t43-/m1/s1. The van der Waals surface area contributed by atoms with Gasteiger partial charge in [-0.1, -0.05) is 166 Å². The van der Waals surface area contributed by atoms with Crippen LogP contribution in [0.25, 0.3) is 0 Å². The third kappa shape index (κ3) is 41.7. The molecule has 0 spiro atoms. The lowest BCUT2D eigenvalue weighted by Crippen LogP contribution is -2.29. The van der Waals surface area contributed by atoms with Gasteiger partial charge in [0.25, 0.3) is 0 Å². The first kappa shape index (κ1) is 53.2. The van der Waals surface area contributed by atoms with Crippen LogP contribution in [-0.2, 0) is 32.7 Å². The number of hydrogen-bond donors (Lipinski definition) is 2. The van der Waals surface area contributed by atoms with E-state index in [9.17, 15) is 19.0 Å². The molecule has 0 aromatic rings. The molecular formula is C45H84NO8P. The number of carbonyl (C=O) groups is 2. The highest BCUT2D eigenvalue weighted by atomic mass is 31.2. The molecule has 0 amide bonds. The van der Waals surface area contributed by atoms with Gasteiger partial charge in [0.15, 0.2) is 6.10 Å². The molecule has 0 heterocycles. The minimum absolute atomic E-state index is 0.0507. The average molecular weight is 798 g/mol. The van der Waals surface area contributed by atoms with Crippen LogP contribution in [0.3, 0.4) is 0 Å². The SMILES string of the molecule is CCCCCC/C=C/C=C/CCCCCCCC(=O)OC[C@H](COP(=O)(O)OCCN)OC(=O)CCCCCCCCCCC/C=C/CCCCCCCC. The average Bonchev–Trinajstić information content (AvgIpc) is 3.17. The molecule has 9 nitrogen and oxygen atoms in total. The zero-order valence-electron chi connectivity index (χ0n) is 35.4. The highest BCUT2D eigenvalue weighted by molar-refractivity contribution is 7.47. The Morgan fingerprint density at radius 3 is 1.42 bits per heavy atom. The first-order chi connectivity index (χ1) is 26.8. The number of rotatable bonds is 42. The Bertz CT molecular complexity index is 1000. The smallest absolute Gasteiger partial charge is 0.462 e. The van der Waals surface area contributed by atoms with Crippen molar-refractivity contribution in [2.75, 3.05) is 26.4 Å². The molecule has 1 unspecified atom stereocenters. The molecule has 322 valence electrons. The van der Waals surface area contributed by atoms with E-state index in [2.05, 4.69) is 50.3 Å². The molecular weight excluding hydrogens is 713 g/mol. The summed E-state index contributed by atoms with van der Waals surface area (Å²) < 4.78 is 32.8. The second-order valence-electron chi connectivity index (χ2n) is 14.9. The first-order valence-electron chi connectivity index (χ1n) is 22.5. The van der Waals surface area contributed by atoms with Crippen molar-refractivity contribution in [3.63, 3.8) is 0 Å². The maximum atomic E-state index is 12.6. The van der Waals surface area contributed by atoms with Crippen LogP contribution >= 0.6 is 7.82 Å². The van der Waals surface area contributed by atoms with Crippen molar-refractivity contribution in [1.29, 1.82) is 0 Å². The molecule has 0 saturated heterocycles. The van der Waals surface area contributed by atoms with Gasteiger partial charge in [-0.25, -0.2) is 4.57 Å². The summed E-state index contributed by atoms with van der Waals surface area (Å²) in [6, 6.07) is 0. The summed E-state index contributed by atoms with van der Waals surface area (Å²) in [6.45, 7) is 3.70. The van der Waals surface area contributed by atoms with Gasteiger partial charge in [-0.3, -0.25) is 18.6 Å². The number of allylic oxidation sites excluding steroid dienone is 6. The Balaban J connectivity index is 4.14. The normalized spacial score (nSPS) is 13.6. The molecule has 3 N–H and O–H groups in total. The van der Waals surface area contributed by atoms with Crippen molar-refractivity contribution < 1.29 is 37.6 Å². The number of phosphoric acid groups is 1. The van der Waals surface area contributed by atoms with Gasteiger partial charge in [0.05, 0.1) is 13.2 Å². The van der Waals surface area contributed by atoms with Crippen molar-refractivity contribution in [2.24, 2.45) is 5.73 Å². The number of ether oxygens (including phenoxy) is 2. The molecule has 0 aliphatic carbocycles. The Morgan fingerprint density at radius 1 is 0.545 bits per heavy atom. The van der Waals surface area contributed by atoms with Gasteiger partial charge in [-0.15, -0.1) is 0 Å². The molecule has 55 heavy (non-hydrogen) atoms. The predicted octanol–water partition coefficient (Wildman–Crippen LogP) is 12.9. The minimum atomic E-state index is -4.38. The largest absolute Gasteiger partial charge is 0.472 e. The Morgan fingerprint density at radius 2 is 0.945 bits per heavy atom. The number of phosphoric ester groups is 1. The van der Waals surface area contributed by atoms with Gasteiger partial charge in [0.1, 0.15) is 6.61 Å². The molecule has 0 aromatic carbocycles. The molecule has 0 bridgehead atoms. The summed E-state index contributed by atoms with van der Waals surface area (Å²) in [4.78, 5) is 34.9. The number of nitrogens with two attached hydrogens (primary N) is 1. The predicted molar refractivity (Wildman–Crippen MR) is 229 cm³/mol. The van der Waals surface area contributed by atoms with Crippen molar-refractivity contribution in [2.45, 2.75) is 213 Å². The summed E-state index contributed by atoms with van der Waals surface area (Å²) in [6.07, 6.45) is 46.0. The van der Waals surface area contributed by atoms with Crippen molar-refractivity contribution in [3.8, 4) is 0 Å². The van der Waals surface area contributed by atoms with E-state index in [4.69, 9.17) is 24.3 Å². The van der Waals surface area contributed by atoms with Crippen LogP contribution in [0.4, 0.5) is 0 Å². The molecule has 0 aliphatic heterocycles. The third-order valence-corrected chi connectivity index (χ3v) is 10.5. The van der Waals surface area contributed by atoms with E-state index in [0.29, 0.717) is 12.8 Å². The zero-order chi connectivity index (χ0) is 40.3. The molecule has 0 fully saturated rings. The fourth-order valence-corrected chi connectivity index (χ4v) is 6.91. The maximum Gasteiger partial charge on any atom is 0.472 e. The first-order valence-corrected chi connectivity index (χ1v) is 24.0. The van der Waals surface area contributed by atoms with E-state index in [0.717, 1.165) is 57.8 Å². The summed E-state index contributed by atoms with van der Waals surface area (Å²) in [7, 11) is -4.38. The minimum Gasteiger partial charge on any atom is -0.462 e. The van der Waals surface area contributed by atoms with Gasteiger partial charge in [0.2, 0.25) is 0 Å². The van der Waals surface area contributed by atoms with E-state index >= 15 is 0 Å². The van der Waals surface area contributed by atoms with Gasteiger partial charge >= 0.3 is 19.8 Å². The van der Waals surface area contributed by atoms with Gasteiger partial charge in [-0.05, 0) is 64.2 Å². The number of esters is 2. The van der Waals surface area contributed by atoms with Crippen molar-refractivity contribution in [3.05, 3.63) is 36.5 Å². The number of unbranched alkanes of at least 4 members (excludes halogenated alkanes) is 24. The van der Waals surface area contributed by atoms with Crippen LogP contribution in [0.2, 0.25) is 0 Å². The second-order valence-corrected chi connectivity index (χ2v) is 16.4. The van der Waals surface area contributed by atoms with Crippen LogP contribution < -0.4 is 5.73 Å². The van der Waals surface area contributed by atoms with E-state index in [1.165, 1.54) is 109 Å². The highest BCUT2D eigenvalue weighted by Gasteiger charge is 2.26. The summed E-state index contributed by atoms with van der Waals surface area (Å²) in [5.41, 5.74) is 5.35. The van der Waals surface area contributed by atoms with E-state index in [-0.39, 0.29) is 32.6 Å². The third-order valence-electron chi connectivity index (χ3n) is 9.53.